The average Bonchev–Trinajstić information content (AvgIpc) is 3.34. The van der Waals surface area contributed by atoms with Crippen molar-refractivity contribution in [2.75, 3.05) is 19.0 Å². The van der Waals surface area contributed by atoms with Crippen LogP contribution in [0.15, 0.2) is 24.3 Å². The highest BCUT2D eigenvalue weighted by Gasteiger charge is 2.17. The van der Waals surface area contributed by atoms with Crippen molar-refractivity contribution >= 4 is 28.8 Å². The summed E-state index contributed by atoms with van der Waals surface area (Å²) in [6.45, 7) is 0.120. The van der Waals surface area contributed by atoms with Gasteiger partial charge in [-0.15, -0.1) is 10.2 Å². The van der Waals surface area contributed by atoms with E-state index in [1.165, 1.54) is 0 Å². The van der Waals surface area contributed by atoms with Gasteiger partial charge < -0.3 is 20.1 Å². The summed E-state index contributed by atoms with van der Waals surface area (Å²) in [5, 5.41) is 14.3. The molecule has 9 heteroatoms. The monoisotopic (exact) mass is 390 g/mol. The zero-order chi connectivity index (χ0) is 19.1. The van der Waals surface area contributed by atoms with Gasteiger partial charge in [-0.2, -0.15) is 0 Å². The smallest absolute Gasteiger partial charge is 0.286 e. The Morgan fingerprint density at radius 2 is 1.93 bits per heavy atom. The van der Waals surface area contributed by atoms with E-state index in [2.05, 4.69) is 20.8 Å². The number of nitrogens with one attached hydrogen (secondary N) is 2. The number of carbonyl (C=O) groups excluding carboxylic acids is 2. The van der Waals surface area contributed by atoms with Crippen LogP contribution in [0.2, 0.25) is 0 Å². The van der Waals surface area contributed by atoms with Gasteiger partial charge in [0.2, 0.25) is 10.9 Å². The third kappa shape index (κ3) is 5.73. The number of ether oxygens (including phenoxy) is 2. The maximum Gasteiger partial charge on any atom is 0.286 e. The van der Waals surface area contributed by atoms with Gasteiger partial charge in [0.1, 0.15) is 24.0 Å². The molecule has 0 aliphatic heterocycles. The van der Waals surface area contributed by atoms with E-state index >= 15 is 0 Å². The number of hydrogen-bond donors (Lipinski definition) is 2. The second kappa shape index (κ2) is 9.43. The van der Waals surface area contributed by atoms with E-state index < -0.39 is 0 Å². The molecule has 1 aromatic carbocycles. The molecule has 1 aromatic heterocycles. The van der Waals surface area contributed by atoms with Gasteiger partial charge in [-0.1, -0.05) is 24.2 Å². The summed E-state index contributed by atoms with van der Waals surface area (Å²) in [6, 6.07) is 7.27. The molecule has 0 spiro atoms. The minimum atomic E-state index is -0.345. The van der Waals surface area contributed by atoms with E-state index in [-0.39, 0.29) is 36.1 Å². The van der Waals surface area contributed by atoms with Crippen LogP contribution in [0.5, 0.6) is 5.75 Å². The quantitative estimate of drug-likeness (QED) is 0.717. The van der Waals surface area contributed by atoms with Crippen LogP contribution in [0.3, 0.4) is 0 Å². The number of methoxy groups -OCH3 is 1. The van der Waals surface area contributed by atoms with E-state index in [1.54, 1.807) is 31.4 Å². The second-order valence-electron chi connectivity index (χ2n) is 6.23. The minimum Gasteiger partial charge on any atom is -0.497 e. The second-order valence-corrected chi connectivity index (χ2v) is 7.29. The molecule has 27 heavy (non-hydrogen) atoms. The van der Waals surface area contributed by atoms with Crippen LogP contribution in [0.4, 0.5) is 5.69 Å². The molecule has 1 aliphatic carbocycles. The molecule has 0 bridgehead atoms. The molecule has 144 valence electrons. The molecular weight excluding hydrogens is 368 g/mol. The fourth-order valence-electron chi connectivity index (χ4n) is 2.83. The molecule has 0 saturated heterocycles. The highest BCUT2D eigenvalue weighted by Crippen LogP contribution is 2.18. The number of carbonyl (C=O) groups is 2. The van der Waals surface area contributed by atoms with Crippen molar-refractivity contribution in [1.29, 1.82) is 0 Å². The molecule has 3 rings (SSSR count). The summed E-state index contributed by atoms with van der Waals surface area (Å²) in [7, 11) is 1.58. The van der Waals surface area contributed by atoms with Gasteiger partial charge in [0, 0.05) is 11.7 Å². The van der Waals surface area contributed by atoms with Crippen molar-refractivity contribution in [2.24, 2.45) is 0 Å². The first-order valence-electron chi connectivity index (χ1n) is 8.79. The van der Waals surface area contributed by atoms with Gasteiger partial charge >= 0.3 is 0 Å². The lowest BCUT2D eigenvalue weighted by Crippen LogP contribution is -2.35. The Balaban J connectivity index is 1.43. The molecule has 1 fully saturated rings. The lowest BCUT2D eigenvalue weighted by Gasteiger charge is -2.11. The van der Waals surface area contributed by atoms with E-state index in [4.69, 9.17) is 9.47 Å². The molecule has 1 saturated carbocycles. The molecule has 2 N–H and O–H groups in total. The molecular formula is C18H22N4O4S. The highest BCUT2D eigenvalue weighted by atomic mass is 32.1. The zero-order valence-corrected chi connectivity index (χ0v) is 15.9. The molecule has 0 unspecified atom stereocenters. The van der Waals surface area contributed by atoms with Crippen LogP contribution in [0, 0.1) is 0 Å². The maximum atomic E-state index is 12.2. The number of rotatable bonds is 8. The van der Waals surface area contributed by atoms with Gasteiger partial charge in [0.05, 0.1) is 7.11 Å². The fraction of sp³-hybridized carbons (Fsp3) is 0.444. The summed E-state index contributed by atoms with van der Waals surface area (Å²) in [5.41, 5.74) is 0.636. The Bertz CT molecular complexity index is 772. The normalized spacial score (nSPS) is 14.1. The Kier molecular flexibility index (Phi) is 6.72. The van der Waals surface area contributed by atoms with Crippen molar-refractivity contribution in [1.82, 2.24) is 15.5 Å². The molecule has 0 radical (unpaired) electrons. The van der Waals surface area contributed by atoms with Gasteiger partial charge in [-0.3, -0.25) is 9.59 Å². The minimum absolute atomic E-state index is 0.0243. The summed E-state index contributed by atoms with van der Waals surface area (Å²) in [5.74, 6) is 0.243. The lowest BCUT2D eigenvalue weighted by atomic mass is 10.2. The molecule has 2 amide bonds. The summed E-state index contributed by atoms with van der Waals surface area (Å²) in [6.07, 6.45) is 4.40. The molecule has 0 atom stereocenters. The standard InChI is InChI=1S/C18H22N4O4S/c1-25-14-8-6-13(7-9-14)20-17(24)18-22-21-16(27-18)11-26-10-15(23)19-12-4-2-3-5-12/h6-9,12H,2-5,10-11H2,1H3,(H,19,23)(H,20,24). The number of amides is 2. The lowest BCUT2D eigenvalue weighted by molar-refractivity contribution is -0.126. The number of aromatic nitrogens is 2. The van der Waals surface area contributed by atoms with Crippen molar-refractivity contribution in [3.8, 4) is 5.75 Å². The van der Waals surface area contributed by atoms with Crippen molar-refractivity contribution < 1.29 is 19.1 Å². The van der Waals surface area contributed by atoms with Crippen LogP contribution < -0.4 is 15.4 Å². The summed E-state index contributed by atoms with van der Waals surface area (Å²) < 4.78 is 10.5. The average molecular weight is 390 g/mol. The fourth-order valence-corrected chi connectivity index (χ4v) is 3.51. The van der Waals surface area contributed by atoms with Crippen LogP contribution >= 0.6 is 11.3 Å². The highest BCUT2D eigenvalue weighted by molar-refractivity contribution is 7.13. The third-order valence-electron chi connectivity index (χ3n) is 4.19. The molecule has 1 heterocycles. The van der Waals surface area contributed by atoms with Gasteiger partial charge in [-0.25, -0.2) is 0 Å². The van der Waals surface area contributed by atoms with Crippen LogP contribution in [0.25, 0.3) is 0 Å². The predicted octanol–water partition coefficient (Wildman–Crippen LogP) is 2.37. The number of nitrogens with zero attached hydrogens (tertiary/aromatic N) is 2. The van der Waals surface area contributed by atoms with Crippen molar-refractivity contribution in [3.63, 3.8) is 0 Å². The van der Waals surface area contributed by atoms with Gasteiger partial charge in [-0.05, 0) is 37.1 Å². The van der Waals surface area contributed by atoms with E-state index in [0.29, 0.717) is 16.4 Å². The first kappa shape index (κ1) is 19.2. The summed E-state index contributed by atoms with van der Waals surface area (Å²) >= 11 is 1.14. The number of anilines is 1. The first-order chi connectivity index (χ1) is 13.1. The van der Waals surface area contributed by atoms with Crippen LogP contribution in [-0.4, -0.2) is 41.8 Å². The van der Waals surface area contributed by atoms with E-state index in [9.17, 15) is 9.59 Å². The topological polar surface area (TPSA) is 102 Å². The SMILES string of the molecule is COc1ccc(NC(=O)c2nnc(COCC(=O)NC3CCCC3)s2)cc1. The summed E-state index contributed by atoms with van der Waals surface area (Å²) in [4.78, 5) is 24.0. The van der Waals surface area contributed by atoms with Crippen LogP contribution in [-0.2, 0) is 16.1 Å². The molecule has 1 aliphatic rings. The Labute approximate surface area is 161 Å². The van der Waals surface area contributed by atoms with Crippen LogP contribution in [0.1, 0.15) is 40.5 Å². The van der Waals surface area contributed by atoms with E-state index in [0.717, 1.165) is 37.0 Å². The number of hydrogen-bond acceptors (Lipinski definition) is 7. The predicted molar refractivity (Wildman–Crippen MR) is 101 cm³/mol. The third-order valence-corrected chi connectivity index (χ3v) is 5.08. The molecule has 8 nitrogen and oxygen atoms in total. The van der Waals surface area contributed by atoms with Gasteiger partial charge in [0.25, 0.3) is 5.91 Å². The Morgan fingerprint density at radius 3 is 2.63 bits per heavy atom. The Morgan fingerprint density at radius 1 is 1.19 bits per heavy atom. The largest absolute Gasteiger partial charge is 0.497 e. The van der Waals surface area contributed by atoms with Crippen molar-refractivity contribution in [3.05, 3.63) is 34.3 Å². The molecule has 2 aromatic rings. The maximum absolute atomic E-state index is 12.2. The zero-order valence-electron chi connectivity index (χ0n) is 15.1. The van der Waals surface area contributed by atoms with Crippen molar-refractivity contribution in [2.45, 2.75) is 38.3 Å². The van der Waals surface area contributed by atoms with Gasteiger partial charge in [0.15, 0.2) is 0 Å². The number of benzene rings is 1. The first-order valence-corrected chi connectivity index (χ1v) is 9.60. The Hall–Kier alpha value is -2.52. The van der Waals surface area contributed by atoms with E-state index in [1.807, 2.05) is 0 Å².